The average molecular weight is 263 g/mol. The van der Waals surface area contributed by atoms with Crippen LogP contribution in [0.3, 0.4) is 0 Å². The van der Waals surface area contributed by atoms with Crippen LogP contribution in [0.5, 0.6) is 0 Å². The van der Waals surface area contributed by atoms with Crippen LogP contribution in [0.15, 0.2) is 24.3 Å². The first kappa shape index (κ1) is 14.7. The maximum Gasteiger partial charge on any atom is 0.313 e. The van der Waals surface area contributed by atoms with Crippen molar-refractivity contribution in [1.82, 2.24) is 5.32 Å². The molecule has 0 aromatic heterocycles. The highest BCUT2D eigenvalue weighted by molar-refractivity contribution is 6.40. The van der Waals surface area contributed by atoms with E-state index in [9.17, 15) is 14.4 Å². The predicted molar refractivity (Wildman–Crippen MR) is 71.5 cm³/mol. The van der Waals surface area contributed by atoms with E-state index in [2.05, 4.69) is 10.6 Å². The van der Waals surface area contributed by atoms with Crippen molar-refractivity contribution in [3.63, 3.8) is 0 Å². The van der Waals surface area contributed by atoms with Gasteiger partial charge in [-0.15, -0.1) is 0 Å². The van der Waals surface area contributed by atoms with Gasteiger partial charge in [-0.05, 0) is 18.6 Å². The fourth-order valence-electron chi connectivity index (χ4n) is 1.45. The van der Waals surface area contributed by atoms with Crippen molar-refractivity contribution in [2.75, 3.05) is 11.9 Å². The van der Waals surface area contributed by atoms with Gasteiger partial charge in [0.1, 0.15) is 0 Å². The van der Waals surface area contributed by atoms with Gasteiger partial charge in [0.25, 0.3) is 5.91 Å². The summed E-state index contributed by atoms with van der Waals surface area (Å²) < 4.78 is 0. The monoisotopic (exact) mass is 263 g/mol. The van der Waals surface area contributed by atoms with Gasteiger partial charge in [0.2, 0.25) is 0 Å². The molecule has 0 aliphatic heterocycles. The highest BCUT2D eigenvalue weighted by Gasteiger charge is 2.15. The number of hydrogen-bond acceptors (Lipinski definition) is 3. The molecule has 3 amide bonds. The molecule has 4 N–H and O–H groups in total. The number of amides is 3. The van der Waals surface area contributed by atoms with Crippen LogP contribution in [0, 0.1) is 0 Å². The molecule has 0 aliphatic rings. The zero-order valence-electron chi connectivity index (χ0n) is 10.7. The summed E-state index contributed by atoms with van der Waals surface area (Å²) in [6, 6.07) is 6.25. The number of unbranched alkanes of at least 4 members (excludes halogenated alkanes) is 1. The van der Waals surface area contributed by atoms with Gasteiger partial charge < -0.3 is 16.4 Å². The van der Waals surface area contributed by atoms with Crippen molar-refractivity contribution in [3.05, 3.63) is 29.8 Å². The van der Waals surface area contributed by atoms with Crippen LogP contribution < -0.4 is 16.4 Å². The van der Waals surface area contributed by atoms with Gasteiger partial charge in [0, 0.05) is 6.54 Å². The summed E-state index contributed by atoms with van der Waals surface area (Å²) in [7, 11) is 0. The fraction of sp³-hybridized carbons (Fsp3) is 0.308. The van der Waals surface area contributed by atoms with Crippen molar-refractivity contribution >= 4 is 23.4 Å². The summed E-state index contributed by atoms with van der Waals surface area (Å²) >= 11 is 0. The third-order valence-electron chi connectivity index (χ3n) is 2.46. The Balaban J connectivity index is 2.66. The van der Waals surface area contributed by atoms with Crippen molar-refractivity contribution < 1.29 is 14.4 Å². The van der Waals surface area contributed by atoms with Gasteiger partial charge in [0.05, 0.1) is 11.3 Å². The minimum Gasteiger partial charge on any atom is -0.366 e. The van der Waals surface area contributed by atoms with Crippen LogP contribution >= 0.6 is 0 Å². The smallest absolute Gasteiger partial charge is 0.313 e. The molecule has 6 nitrogen and oxygen atoms in total. The number of nitrogens with two attached hydrogens (primary N) is 1. The highest BCUT2D eigenvalue weighted by Crippen LogP contribution is 2.13. The van der Waals surface area contributed by atoms with Crippen LogP contribution in [0.1, 0.15) is 30.1 Å². The summed E-state index contributed by atoms with van der Waals surface area (Å²) in [6.45, 7) is 2.43. The lowest BCUT2D eigenvalue weighted by Crippen LogP contribution is -2.36. The number of nitrogens with one attached hydrogen (secondary N) is 2. The number of hydrogen-bond donors (Lipinski definition) is 3. The van der Waals surface area contributed by atoms with E-state index in [1.807, 2.05) is 6.92 Å². The molecule has 1 rings (SSSR count). The second kappa shape index (κ2) is 7.15. The average Bonchev–Trinajstić information content (AvgIpc) is 2.39. The third-order valence-corrected chi connectivity index (χ3v) is 2.46. The molecule has 1 aromatic rings. The number of rotatable bonds is 5. The summed E-state index contributed by atoms with van der Waals surface area (Å²) in [5.41, 5.74) is 5.57. The first-order valence-electron chi connectivity index (χ1n) is 6.04. The van der Waals surface area contributed by atoms with E-state index in [0.29, 0.717) is 6.54 Å². The first-order chi connectivity index (χ1) is 9.06. The van der Waals surface area contributed by atoms with Gasteiger partial charge in [-0.3, -0.25) is 14.4 Å². The van der Waals surface area contributed by atoms with Gasteiger partial charge in [-0.25, -0.2) is 0 Å². The summed E-state index contributed by atoms with van der Waals surface area (Å²) in [5, 5.41) is 4.85. The summed E-state index contributed by atoms with van der Waals surface area (Å²) in [6.07, 6.45) is 1.73. The Hall–Kier alpha value is -2.37. The number of carbonyl (C=O) groups excluding carboxylic acids is 3. The van der Waals surface area contributed by atoms with Crippen LogP contribution in [0.2, 0.25) is 0 Å². The maximum absolute atomic E-state index is 11.6. The molecule has 0 spiro atoms. The molecule has 0 bridgehead atoms. The van der Waals surface area contributed by atoms with Crippen LogP contribution in [-0.4, -0.2) is 24.3 Å². The van der Waals surface area contributed by atoms with E-state index in [-0.39, 0.29) is 11.3 Å². The summed E-state index contributed by atoms with van der Waals surface area (Å²) in [5.74, 6) is -2.21. The molecule has 1 aromatic carbocycles. The zero-order chi connectivity index (χ0) is 14.3. The largest absolute Gasteiger partial charge is 0.366 e. The SMILES string of the molecule is CCCCNC(=O)C(=O)Nc1ccccc1C(N)=O. The van der Waals surface area contributed by atoms with E-state index >= 15 is 0 Å². The Kier molecular flexibility index (Phi) is 5.53. The zero-order valence-corrected chi connectivity index (χ0v) is 10.7. The fourth-order valence-corrected chi connectivity index (χ4v) is 1.45. The summed E-state index contributed by atoms with van der Waals surface area (Å²) in [4.78, 5) is 34.2. The molecule has 6 heteroatoms. The Morgan fingerprint density at radius 3 is 2.47 bits per heavy atom. The lowest BCUT2D eigenvalue weighted by Gasteiger charge is -2.08. The molecule has 19 heavy (non-hydrogen) atoms. The minimum atomic E-state index is -0.815. The van der Waals surface area contributed by atoms with Crippen molar-refractivity contribution in [1.29, 1.82) is 0 Å². The number of carbonyl (C=O) groups is 3. The molecule has 0 fully saturated rings. The molecule has 0 radical (unpaired) electrons. The number of primary amides is 1. The number of para-hydroxylation sites is 1. The quantitative estimate of drug-likeness (QED) is 0.536. The Morgan fingerprint density at radius 1 is 1.16 bits per heavy atom. The van der Waals surface area contributed by atoms with E-state index in [1.54, 1.807) is 12.1 Å². The van der Waals surface area contributed by atoms with Crippen molar-refractivity contribution in [3.8, 4) is 0 Å². The Morgan fingerprint density at radius 2 is 1.84 bits per heavy atom. The van der Waals surface area contributed by atoms with Crippen molar-refractivity contribution in [2.45, 2.75) is 19.8 Å². The van der Waals surface area contributed by atoms with E-state index < -0.39 is 17.7 Å². The number of anilines is 1. The molecular weight excluding hydrogens is 246 g/mol. The number of benzene rings is 1. The predicted octanol–water partition coefficient (Wildman–Crippen LogP) is 0.640. The molecule has 0 saturated carbocycles. The van der Waals surface area contributed by atoms with Crippen molar-refractivity contribution in [2.24, 2.45) is 5.73 Å². The Labute approximate surface area is 111 Å². The lowest BCUT2D eigenvalue weighted by molar-refractivity contribution is -0.136. The second-order valence-electron chi connectivity index (χ2n) is 3.97. The van der Waals surface area contributed by atoms with Gasteiger partial charge in [0.15, 0.2) is 0 Å². The molecule has 102 valence electrons. The molecule has 0 aliphatic carbocycles. The van der Waals surface area contributed by atoms with E-state index in [0.717, 1.165) is 12.8 Å². The van der Waals surface area contributed by atoms with Crippen LogP contribution in [0.25, 0.3) is 0 Å². The molecule has 0 atom stereocenters. The maximum atomic E-state index is 11.6. The van der Waals surface area contributed by atoms with E-state index in [4.69, 9.17) is 5.73 Å². The molecular formula is C13H17N3O3. The first-order valence-corrected chi connectivity index (χ1v) is 6.04. The highest BCUT2D eigenvalue weighted by atomic mass is 16.2. The lowest BCUT2D eigenvalue weighted by atomic mass is 10.1. The standard InChI is InChI=1S/C13H17N3O3/c1-2-3-8-15-12(18)13(19)16-10-7-5-4-6-9(10)11(14)17/h4-7H,2-3,8H2,1H3,(H2,14,17)(H,15,18)(H,16,19). The molecule has 0 unspecified atom stereocenters. The van der Waals surface area contributed by atoms with Gasteiger partial charge in [-0.2, -0.15) is 0 Å². The van der Waals surface area contributed by atoms with Gasteiger partial charge in [-0.1, -0.05) is 25.5 Å². The second-order valence-corrected chi connectivity index (χ2v) is 3.97. The third kappa shape index (κ3) is 4.42. The normalized spacial score (nSPS) is 9.74. The molecule has 0 heterocycles. The van der Waals surface area contributed by atoms with Gasteiger partial charge >= 0.3 is 11.8 Å². The minimum absolute atomic E-state index is 0.164. The Bertz CT molecular complexity index is 486. The van der Waals surface area contributed by atoms with Crippen LogP contribution in [0.4, 0.5) is 5.69 Å². The topological polar surface area (TPSA) is 101 Å². The van der Waals surface area contributed by atoms with Crippen LogP contribution in [-0.2, 0) is 9.59 Å². The van der Waals surface area contributed by atoms with E-state index in [1.165, 1.54) is 12.1 Å². The molecule has 0 saturated heterocycles.